The first kappa shape index (κ1) is 22.5. The van der Waals surface area contributed by atoms with E-state index in [9.17, 15) is 14.4 Å². The van der Waals surface area contributed by atoms with Crippen molar-refractivity contribution in [2.24, 2.45) is 5.73 Å². The Hall–Kier alpha value is -4.22. The van der Waals surface area contributed by atoms with Crippen LogP contribution in [0.1, 0.15) is 30.1 Å². The van der Waals surface area contributed by atoms with Crippen LogP contribution in [0.15, 0.2) is 29.3 Å². The summed E-state index contributed by atoms with van der Waals surface area (Å²) in [5.41, 5.74) is 10.6. The third kappa shape index (κ3) is 4.74. The highest BCUT2D eigenvalue weighted by Crippen LogP contribution is 2.34. The zero-order chi connectivity index (χ0) is 23.3. The van der Waals surface area contributed by atoms with Crippen LogP contribution in [-0.4, -0.2) is 45.1 Å². The smallest absolute Gasteiger partial charge is 0.262 e. The third-order valence-corrected chi connectivity index (χ3v) is 4.55. The molecule has 0 unspecified atom stereocenters. The first-order valence-electron chi connectivity index (χ1n) is 9.77. The molecule has 2 heterocycles. The van der Waals surface area contributed by atoms with Crippen LogP contribution in [0.2, 0.25) is 0 Å². The van der Waals surface area contributed by atoms with Crippen LogP contribution in [-0.2, 0) is 11.3 Å². The van der Waals surface area contributed by atoms with Gasteiger partial charge >= 0.3 is 0 Å². The molecule has 0 fully saturated rings. The highest BCUT2D eigenvalue weighted by Gasteiger charge is 2.19. The van der Waals surface area contributed by atoms with Gasteiger partial charge in [0.15, 0.2) is 11.5 Å². The number of benzene rings is 1. The number of ether oxygens (including phenoxy) is 2. The molecule has 168 valence electrons. The van der Waals surface area contributed by atoms with Gasteiger partial charge in [-0.2, -0.15) is 0 Å². The molecule has 5 N–H and O–H groups in total. The van der Waals surface area contributed by atoms with Crippen molar-refractivity contribution in [2.45, 2.75) is 26.3 Å². The Labute approximate surface area is 182 Å². The zero-order valence-corrected chi connectivity index (χ0v) is 17.6. The molecule has 12 heteroatoms. The van der Waals surface area contributed by atoms with E-state index in [-0.39, 0.29) is 53.9 Å². The quantitative estimate of drug-likeness (QED) is 0.403. The fourth-order valence-electron chi connectivity index (χ4n) is 3.00. The molecule has 0 saturated heterocycles. The molecule has 0 saturated carbocycles. The molecule has 0 atom stereocenters. The third-order valence-electron chi connectivity index (χ3n) is 4.55. The molecule has 0 aliphatic rings. The summed E-state index contributed by atoms with van der Waals surface area (Å²) in [6.07, 6.45) is 3.14. The molecule has 0 aliphatic carbocycles. The number of nitrogen functional groups attached to an aromatic ring is 1. The van der Waals surface area contributed by atoms with E-state index in [0.717, 1.165) is 0 Å². The molecule has 0 radical (unpaired) electrons. The van der Waals surface area contributed by atoms with E-state index in [2.05, 4.69) is 20.3 Å². The number of carbonyl (C=O) groups is 2. The largest absolute Gasteiger partial charge is 0.491 e. The topological polar surface area (TPSA) is 177 Å². The number of methoxy groups -OCH3 is 1. The first-order chi connectivity index (χ1) is 15.3. The minimum absolute atomic E-state index is 0.0241. The van der Waals surface area contributed by atoms with Crippen LogP contribution in [0.4, 0.5) is 11.9 Å². The van der Waals surface area contributed by atoms with Gasteiger partial charge in [-0.25, -0.2) is 15.0 Å². The number of nitrogens with one attached hydrogen (secondary N) is 1. The number of amides is 2. The number of fused-ring (bicyclic) bond motifs is 1. The Bertz CT molecular complexity index is 1210. The van der Waals surface area contributed by atoms with Gasteiger partial charge in [0.25, 0.3) is 11.5 Å². The predicted octanol–water partition coefficient (Wildman–Crippen LogP) is 0.694. The van der Waals surface area contributed by atoms with Gasteiger partial charge in [-0.15, -0.1) is 0 Å². The number of primary amides is 1. The average molecular weight is 441 g/mol. The summed E-state index contributed by atoms with van der Waals surface area (Å²) in [5.74, 6) is -0.355. The van der Waals surface area contributed by atoms with Crippen LogP contribution in [0.3, 0.4) is 0 Å². The van der Waals surface area contributed by atoms with Gasteiger partial charge in [0.1, 0.15) is 5.52 Å². The Morgan fingerprint density at radius 1 is 1.22 bits per heavy atom. The number of anilines is 2. The van der Waals surface area contributed by atoms with Gasteiger partial charge in [-0.3, -0.25) is 24.3 Å². The maximum Gasteiger partial charge on any atom is 0.262 e. The zero-order valence-electron chi connectivity index (χ0n) is 17.6. The maximum atomic E-state index is 13.0. The number of nitrogens with zero attached hydrogens (tertiary/aromatic N) is 4. The van der Waals surface area contributed by atoms with Crippen molar-refractivity contribution in [3.63, 3.8) is 0 Å². The van der Waals surface area contributed by atoms with Crippen LogP contribution in [0, 0.1) is 0 Å². The fourth-order valence-corrected chi connectivity index (χ4v) is 3.00. The summed E-state index contributed by atoms with van der Waals surface area (Å²) in [5, 5.41) is 2.90. The second-order valence-electron chi connectivity index (χ2n) is 6.68. The Morgan fingerprint density at radius 2 is 1.94 bits per heavy atom. The van der Waals surface area contributed by atoms with Crippen molar-refractivity contribution in [1.29, 1.82) is 0 Å². The Kier molecular flexibility index (Phi) is 6.83. The lowest BCUT2D eigenvalue weighted by atomic mass is 10.2. The van der Waals surface area contributed by atoms with E-state index in [0.29, 0.717) is 17.6 Å². The summed E-state index contributed by atoms with van der Waals surface area (Å²) in [7, 11) is 1.42. The molecule has 1 aromatic carbocycles. The minimum atomic E-state index is -0.559. The summed E-state index contributed by atoms with van der Waals surface area (Å²) >= 11 is 0. The minimum Gasteiger partial charge on any atom is -0.491 e. The van der Waals surface area contributed by atoms with Crippen LogP contribution >= 0.6 is 0 Å². The molecule has 32 heavy (non-hydrogen) atoms. The monoisotopic (exact) mass is 441 g/mol. The van der Waals surface area contributed by atoms with Gasteiger partial charge in [-0.1, -0.05) is 0 Å². The molecular weight excluding hydrogens is 418 g/mol. The molecule has 2 amide bonds. The number of hydrogen-bond donors (Lipinski definition) is 3. The van der Waals surface area contributed by atoms with Crippen molar-refractivity contribution < 1.29 is 19.1 Å². The van der Waals surface area contributed by atoms with E-state index < -0.39 is 11.8 Å². The second-order valence-corrected chi connectivity index (χ2v) is 6.68. The molecule has 12 nitrogen and oxygen atoms in total. The number of rotatable bonds is 9. The van der Waals surface area contributed by atoms with Crippen LogP contribution in [0.25, 0.3) is 10.9 Å². The van der Waals surface area contributed by atoms with Crippen molar-refractivity contribution >= 4 is 34.6 Å². The lowest BCUT2D eigenvalue weighted by Crippen LogP contribution is -2.27. The lowest BCUT2D eigenvalue weighted by molar-refractivity contribution is -0.118. The van der Waals surface area contributed by atoms with E-state index in [1.165, 1.54) is 24.1 Å². The van der Waals surface area contributed by atoms with Gasteiger partial charge in [-0.05, 0) is 25.5 Å². The standard InChI is InChI=1S/C20H23N7O5/c1-3-27-18(30)12-6-7-13(32-8-4-5-14(21)28)16(31-2)15(12)25-20(27)26-17(29)11-9-23-19(22)24-10-11/h6-7,9-10H,3-5,8H2,1-2H3,(H2,21,28)(H2,22,23,24)(H,25,26,29). The highest BCUT2D eigenvalue weighted by molar-refractivity contribution is 6.03. The van der Waals surface area contributed by atoms with Crippen molar-refractivity contribution in [3.8, 4) is 11.5 Å². The Balaban J connectivity index is 2.00. The lowest BCUT2D eigenvalue weighted by Gasteiger charge is -2.16. The van der Waals surface area contributed by atoms with Gasteiger partial charge in [0.05, 0.1) is 24.7 Å². The number of hydrogen-bond acceptors (Lipinski definition) is 9. The fraction of sp³-hybridized carbons (Fsp3) is 0.300. The normalized spacial score (nSPS) is 10.7. The molecule has 0 spiro atoms. The predicted molar refractivity (Wildman–Crippen MR) is 117 cm³/mol. The molecule has 2 aromatic heterocycles. The number of carbonyl (C=O) groups excluding carboxylic acids is 2. The number of nitrogens with two attached hydrogens (primary N) is 2. The van der Waals surface area contributed by atoms with Crippen molar-refractivity contribution in [1.82, 2.24) is 19.5 Å². The van der Waals surface area contributed by atoms with E-state index in [1.807, 2.05) is 0 Å². The van der Waals surface area contributed by atoms with E-state index in [4.69, 9.17) is 20.9 Å². The molecule has 0 bridgehead atoms. The average Bonchev–Trinajstić information content (AvgIpc) is 2.77. The van der Waals surface area contributed by atoms with E-state index >= 15 is 0 Å². The summed E-state index contributed by atoms with van der Waals surface area (Å²) in [6, 6.07) is 3.17. The van der Waals surface area contributed by atoms with Crippen molar-refractivity contribution in [2.75, 3.05) is 24.8 Å². The molecule has 3 rings (SSSR count). The van der Waals surface area contributed by atoms with Gasteiger partial charge in [0, 0.05) is 25.4 Å². The number of aromatic nitrogens is 4. The van der Waals surface area contributed by atoms with Crippen LogP contribution < -0.4 is 31.8 Å². The highest BCUT2D eigenvalue weighted by atomic mass is 16.5. The second kappa shape index (κ2) is 9.73. The summed E-state index contributed by atoms with van der Waals surface area (Å²) in [4.78, 5) is 48.6. The molecular formula is C20H23N7O5. The first-order valence-corrected chi connectivity index (χ1v) is 9.77. The van der Waals surface area contributed by atoms with Gasteiger partial charge < -0.3 is 20.9 Å². The van der Waals surface area contributed by atoms with Gasteiger partial charge in [0.2, 0.25) is 17.8 Å². The Morgan fingerprint density at radius 3 is 2.56 bits per heavy atom. The van der Waals surface area contributed by atoms with Crippen LogP contribution in [0.5, 0.6) is 11.5 Å². The SMILES string of the molecule is CCn1c(NC(=O)c2cnc(N)nc2)nc2c(OC)c(OCCCC(N)=O)ccc2c1=O. The van der Waals surface area contributed by atoms with Crippen molar-refractivity contribution in [3.05, 3.63) is 40.4 Å². The summed E-state index contributed by atoms with van der Waals surface area (Å²) < 4.78 is 12.5. The molecule has 3 aromatic rings. The van der Waals surface area contributed by atoms with E-state index in [1.54, 1.807) is 19.1 Å². The maximum absolute atomic E-state index is 13.0. The summed E-state index contributed by atoms with van der Waals surface area (Å²) in [6.45, 7) is 2.24. The molecule has 0 aliphatic heterocycles.